The van der Waals surface area contributed by atoms with Crippen molar-refractivity contribution < 1.29 is 19.0 Å². The molecule has 1 N–H and O–H groups in total. The third-order valence-electron chi connectivity index (χ3n) is 4.71. The molecule has 1 aliphatic rings. The maximum absolute atomic E-state index is 12.1. The van der Waals surface area contributed by atoms with Gasteiger partial charge in [0.05, 0.1) is 43.0 Å². The molecule has 10 heteroatoms. The largest absolute Gasteiger partial charge is 0.470 e. The standard InChI is InChI=1S/C21H28N6O4/c1-13-6-18-19(24-17(10-27(18)25-13)14-8-22-26(5)9-14)30-16-7-15(11-29-12-16)23-20(28)31-21(2,3)4/h6,8-10,15-16H,7,11-12H2,1-5H3,(H,23,28)/t15-,16+/m0/s1. The summed E-state index contributed by atoms with van der Waals surface area (Å²) in [5.74, 6) is 0.466. The van der Waals surface area contributed by atoms with Crippen LogP contribution in [0.4, 0.5) is 4.79 Å². The van der Waals surface area contributed by atoms with Gasteiger partial charge in [-0.3, -0.25) is 4.68 Å². The van der Waals surface area contributed by atoms with E-state index in [2.05, 4.69) is 15.5 Å². The van der Waals surface area contributed by atoms with Crippen molar-refractivity contribution in [3.05, 3.63) is 30.4 Å². The van der Waals surface area contributed by atoms with Crippen molar-refractivity contribution in [2.75, 3.05) is 13.2 Å². The highest BCUT2D eigenvalue weighted by Crippen LogP contribution is 2.26. The van der Waals surface area contributed by atoms with Crippen LogP contribution in [0.25, 0.3) is 16.8 Å². The highest BCUT2D eigenvalue weighted by atomic mass is 16.6. The Morgan fingerprint density at radius 2 is 2.10 bits per heavy atom. The van der Waals surface area contributed by atoms with E-state index in [9.17, 15) is 4.79 Å². The summed E-state index contributed by atoms with van der Waals surface area (Å²) in [6.45, 7) is 8.22. The summed E-state index contributed by atoms with van der Waals surface area (Å²) >= 11 is 0. The van der Waals surface area contributed by atoms with Crippen molar-refractivity contribution in [1.82, 2.24) is 29.7 Å². The van der Waals surface area contributed by atoms with E-state index in [-0.39, 0.29) is 12.1 Å². The van der Waals surface area contributed by atoms with Crippen LogP contribution in [0.2, 0.25) is 0 Å². The minimum absolute atomic E-state index is 0.210. The van der Waals surface area contributed by atoms with Crippen LogP contribution < -0.4 is 10.1 Å². The first kappa shape index (κ1) is 21.1. The van der Waals surface area contributed by atoms with Crippen molar-refractivity contribution in [2.45, 2.75) is 51.9 Å². The Morgan fingerprint density at radius 1 is 1.29 bits per heavy atom. The molecular weight excluding hydrogens is 400 g/mol. The molecule has 1 amide bonds. The van der Waals surface area contributed by atoms with Gasteiger partial charge in [-0.05, 0) is 33.8 Å². The first-order valence-electron chi connectivity index (χ1n) is 10.3. The van der Waals surface area contributed by atoms with Gasteiger partial charge in [0.2, 0.25) is 5.88 Å². The molecule has 1 aliphatic heterocycles. The van der Waals surface area contributed by atoms with E-state index in [1.807, 2.05) is 53.2 Å². The average Bonchev–Trinajstić information content (AvgIpc) is 3.25. The Labute approximate surface area is 180 Å². The quantitative estimate of drug-likeness (QED) is 0.681. The highest BCUT2D eigenvalue weighted by molar-refractivity contribution is 5.68. The molecule has 1 fully saturated rings. The number of carbonyl (C=O) groups is 1. The minimum atomic E-state index is -0.558. The van der Waals surface area contributed by atoms with Crippen molar-refractivity contribution in [2.24, 2.45) is 7.05 Å². The van der Waals surface area contributed by atoms with E-state index < -0.39 is 11.7 Å². The number of aromatic nitrogens is 5. The van der Waals surface area contributed by atoms with E-state index in [4.69, 9.17) is 19.2 Å². The zero-order valence-electron chi connectivity index (χ0n) is 18.5. The third-order valence-corrected chi connectivity index (χ3v) is 4.71. The molecule has 0 spiro atoms. The van der Waals surface area contributed by atoms with E-state index in [1.165, 1.54) is 0 Å². The van der Waals surface area contributed by atoms with Crippen LogP contribution in [0.5, 0.6) is 5.88 Å². The van der Waals surface area contributed by atoms with Crippen LogP contribution in [-0.4, -0.2) is 61.4 Å². The number of nitrogens with zero attached hydrogens (tertiary/aromatic N) is 5. The Bertz CT molecular complexity index is 1080. The molecule has 10 nitrogen and oxygen atoms in total. The number of hydrogen-bond donors (Lipinski definition) is 1. The highest BCUT2D eigenvalue weighted by Gasteiger charge is 2.28. The van der Waals surface area contributed by atoms with Gasteiger partial charge in [0.25, 0.3) is 0 Å². The summed E-state index contributed by atoms with van der Waals surface area (Å²) in [4.78, 5) is 16.8. The van der Waals surface area contributed by atoms with Crippen molar-refractivity contribution in [1.29, 1.82) is 0 Å². The van der Waals surface area contributed by atoms with Crippen LogP contribution in [0, 0.1) is 6.92 Å². The normalized spacial score (nSPS) is 19.4. The number of aryl methyl sites for hydroxylation is 2. The van der Waals surface area contributed by atoms with Crippen molar-refractivity contribution >= 4 is 11.6 Å². The third kappa shape index (κ3) is 5.13. The molecule has 0 saturated carbocycles. The Hall–Kier alpha value is -3.14. The smallest absolute Gasteiger partial charge is 0.407 e. The van der Waals surface area contributed by atoms with Gasteiger partial charge in [0.15, 0.2) is 0 Å². The molecular formula is C21H28N6O4. The first-order chi connectivity index (χ1) is 14.7. The van der Waals surface area contributed by atoms with Crippen molar-refractivity contribution in [3.8, 4) is 17.1 Å². The molecule has 3 aromatic rings. The Kier molecular flexibility index (Phi) is 5.57. The number of hydrogen-bond acceptors (Lipinski definition) is 7. The number of ether oxygens (including phenoxy) is 3. The molecule has 2 atom stereocenters. The van der Waals surface area contributed by atoms with Gasteiger partial charge in [-0.2, -0.15) is 10.2 Å². The maximum Gasteiger partial charge on any atom is 0.407 e. The zero-order chi connectivity index (χ0) is 22.2. The van der Waals surface area contributed by atoms with Crippen LogP contribution in [0.3, 0.4) is 0 Å². The second-order valence-electron chi connectivity index (χ2n) is 8.81. The van der Waals surface area contributed by atoms with E-state index in [1.54, 1.807) is 15.4 Å². The number of rotatable bonds is 4. The monoisotopic (exact) mass is 428 g/mol. The van der Waals surface area contributed by atoms with Crippen LogP contribution >= 0.6 is 0 Å². The number of amides is 1. The number of fused-ring (bicyclic) bond motifs is 1. The first-order valence-corrected chi connectivity index (χ1v) is 10.3. The molecule has 0 unspecified atom stereocenters. The number of nitrogens with one attached hydrogen (secondary N) is 1. The SMILES string of the molecule is Cc1cc2c(O[C@H]3COC[C@@H](NC(=O)OC(C)(C)C)C3)nc(-c3cnn(C)c3)cn2n1. The fraction of sp³-hybridized carbons (Fsp3) is 0.524. The van der Waals surface area contributed by atoms with Crippen LogP contribution in [0.1, 0.15) is 32.9 Å². The molecule has 4 heterocycles. The predicted octanol–water partition coefficient (Wildman–Crippen LogP) is 2.50. The molecule has 31 heavy (non-hydrogen) atoms. The Morgan fingerprint density at radius 3 is 2.81 bits per heavy atom. The van der Waals surface area contributed by atoms with E-state index >= 15 is 0 Å². The maximum atomic E-state index is 12.1. The topological polar surface area (TPSA) is 105 Å². The van der Waals surface area contributed by atoms with Gasteiger partial charge in [0, 0.05) is 25.2 Å². The number of carbonyl (C=O) groups excluding carboxylic acids is 1. The van der Waals surface area contributed by atoms with E-state index in [0.29, 0.717) is 31.2 Å². The lowest BCUT2D eigenvalue weighted by Crippen LogP contribution is -2.48. The number of alkyl carbamates (subject to hydrolysis) is 1. The molecule has 0 aliphatic carbocycles. The lowest BCUT2D eigenvalue weighted by molar-refractivity contribution is -0.0163. The lowest BCUT2D eigenvalue weighted by atomic mass is 10.1. The van der Waals surface area contributed by atoms with E-state index in [0.717, 1.165) is 16.8 Å². The fourth-order valence-corrected chi connectivity index (χ4v) is 3.48. The molecule has 166 valence electrons. The van der Waals surface area contributed by atoms with Gasteiger partial charge < -0.3 is 19.5 Å². The summed E-state index contributed by atoms with van der Waals surface area (Å²) in [5, 5.41) is 11.6. The fourth-order valence-electron chi connectivity index (χ4n) is 3.48. The van der Waals surface area contributed by atoms with Crippen LogP contribution in [-0.2, 0) is 16.5 Å². The van der Waals surface area contributed by atoms with Gasteiger partial charge in [0.1, 0.15) is 17.2 Å². The Balaban J connectivity index is 1.53. The molecule has 0 aromatic carbocycles. The second-order valence-corrected chi connectivity index (χ2v) is 8.81. The second kappa shape index (κ2) is 8.18. The summed E-state index contributed by atoms with van der Waals surface area (Å²) in [6.07, 6.45) is 5.34. The summed E-state index contributed by atoms with van der Waals surface area (Å²) in [7, 11) is 1.86. The summed E-state index contributed by atoms with van der Waals surface area (Å²) < 4.78 is 20.7. The average molecular weight is 428 g/mol. The summed E-state index contributed by atoms with van der Waals surface area (Å²) in [5.41, 5.74) is 2.65. The minimum Gasteiger partial charge on any atom is -0.470 e. The molecule has 1 saturated heterocycles. The zero-order valence-corrected chi connectivity index (χ0v) is 18.5. The van der Waals surface area contributed by atoms with Crippen LogP contribution in [0.15, 0.2) is 24.7 Å². The van der Waals surface area contributed by atoms with Crippen molar-refractivity contribution in [3.63, 3.8) is 0 Å². The summed E-state index contributed by atoms with van der Waals surface area (Å²) in [6, 6.07) is 1.72. The molecule has 0 bridgehead atoms. The molecule has 3 aromatic heterocycles. The van der Waals surface area contributed by atoms with Gasteiger partial charge in [-0.1, -0.05) is 0 Å². The van der Waals surface area contributed by atoms with Gasteiger partial charge in [-0.15, -0.1) is 0 Å². The molecule has 0 radical (unpaired) electrons. The lowest BCUT2D eigenvalue weighted by Gasteiger charge is -2.30. The van der Waals surface area contributed by atoms with Gasteiger partial charge >= 0.3 is 6.09 Å². The predicted molar refractivity (Wildman–Crippen MR) is 113 cm³/mol. The van der Waals surface area contributed by atoms with Gasteiger partial charge in [-0.25, -0.2) is 14.3 Å². The molecule has 4 rings (SSSR count).